The van der Waals surface area contributed by atoms with Crippen molar-refractivity contribution in [3.05, 3.63) is 34.6 Å². The minimum Gasteiger partial charge on any atom is -0.317 e. The highest BCUT2D eigenvalue weighted by Gasteiger charge is 2.13. The first-order valence-corrected chi connectivity index (χ1v) is 8.89. The van der Waals surface area contributed by atoms with E-state index in [-0.39, 0.29) is 23.4 Å². The zero-order valence-electron chi connectivity index (χ0n) is 11.8. The van der Waals surface area contributed by atoms with Crippen LogP contribution >= 0.6 is 11.6 Å². The van der Waals surface area contributed by atoms with Crippen molar-refractivity contribution in [3.63, 3.8) is 0 Å². The maximum atomic E-state index is 13.0. The van der Waals surface area contributed by atoms with E-state index in [4.69, 9.17) is 11.6 Å². The Balaban J connectivity index is 2.55. The van der Waals surface area contributed by atoms with E-state index in [2.05, 4.69) is 5.32 Å². The van der Waals surface area contributed by atoms with E-state index >= 15 is 0 Å². The minimum absolute atomic E-state index is 0.130. The van der Waals surface area contributed by atoms with Gasteiger partial charge in [-0.1, -0.05) is 24.6 Å². The molecule has 0 saturated heterocycles. The summed E-state index contributed by atoms with van der Waals surface area (Å²) in [4.78, 5) is 0. The normalized spacial score (nSPS) is 13.4. The molecule has 1 atom stereocenters. The molecule has 3 nitrogen and oxygen atoms in total. The molecule has 0 aliphatic rings. The zero-order valence-corrected chi connectivity index (χ0v) is 13.4. The number of nitrogens with one attached hydrogen (secondary N) is 1. The first-order valence-electron chi connectivity index (χ1n) is 6.69. The molecule has 0 fully saturated rings. The van der Waals surface area contributed by atoms with Crippen LogP contribution in [-0.4, -0.2) is 33.0 Å². The lowest BCUT2D eigenvalue weighted by molar-refractivity contribution is 0.510. The molecule has 1 aromatic rings. The quantitative estimate of drug-likeness (QED) is 0.801. The van der Waals surface area contributed by atoms with Crippen LogP contribution in [-0.2, 0) is 16.3 Å². The highest BCUT2D eigenvalue weighted by Crippen LogP contribution is 2.20. The molecule has 1 unspecified atom stereocenters. The molecule has 0 spiro atoms. The summed E-state index contributed by atoms with van der Waals surface area (Å²) in [7, 11) is -1.08. The summed E-state index contributed by atoms with van der Waals surface area (Å²) in [5, 5.41) is 3.56. The summed E-state index contributed by atoms with van der Waals surface area (Å²) in [6, 6.07) is 4.48. The standard InChI is InChI=1S/C14H21ClFNO2S/c1-3-20(18,19)8-4-5-13(17-2)9-11-6-7-12(16)10-14(11)15/h6-7,10,13,17H,3-5,8-9H2,1-2H3. The maximum absolute atomic E-state index is 13.0. The summed E-state index contributed by atoms with van der Waals surface area (Å²) in [5.41, 5.74) is 0.866. The third kappa shape index (κ3) is 5.77. The highest BCUT2D eigenvalue weighted by molar-refractivity contribution is 7.91. The third-order valence-corrected chi connectivity index (χ3v) is 5.48. The summed E-state index contributed by atoms with van der Waals surface area (Å²) in [6.45, 7) is 1.66. The van der Waals surface area contributed by atoms with Crippen molar-refractivity contribution in [2.45, 2.75) is 32.2 Å². The molecule has 0 radical (unpaired) electrons. The predicted octanol–water partition coefficient (Wildman–Crippen LogP) is 2.82. The molecule has 0 aromatic heterocycles. The van der Waals surface area contributed by atoms with Gasteiger partial charge >= 0.3 is 0 Å². The van der Waals surface area contributed by atoms with Crippen molar-refractivity contribution in [3.8, 4) is 0 Å². The number of halogens is 2. The lowest BCUT2D eigenvalue weighted by Gasteiger charge is -2.17. The van der Waals surface area contributed by atoms with E-state index in [1.807, 2.05) is 7.05 Å². The van der Waals surface area contributed by atoms with E-state index in [1.54, 1.807) is 13.0 Å². The van der Waals surface area contributed by atoms with Gasteiger partial charge in [-0.25, -0.2) is 12.8 Å². The Morgan fingerprint density at radius 3 is 2.65 bits per heavy atom. The predicted molar refractivity (Wildman–Crippen MR) is 81.5 cm³/mol. The van der Waals surface area contributed by atoms with Gasteiger partial charge in [-0.15, -0.1) is 0 Å². The summed E-state index contributed by atoms with van der Waals surface area (Å²) >= 11 is 6.00. The Kier molecular flexibility index (Phi) is 6.92. The van der Waals surface area contributed by atoms with Gasteiger partial charge in [0.25, 0.3) is 0 Å². The van der Waals surface area contributed by atoms with Gasteiger partial charge in [-0.3, -0.25) is 0 Å². The second-order valence-corrected chi connectivity index (χ2v) is 7.68. The number of rotatable bonds is 8. The number of sulfone groups is 1. The Morgan fingerprint density at radius 2 is 2.10 bits per heavy atom. The Bertz CT molecular complexity index is 534. The van der Waals surface area contributed by atoms with Crippen LogP contribution in [0, 0.1) is 5.82 Å². The van der Waals surface area contributed by atoms with E-state index in [0.29, 0.717) is 17.9 Å². The minimum atomic E-state index is -2.91. The van der Waals surface area contributed by atoms with Gasteiger partial charge in [0.05, 0.1) is 5.75 Å². The van der Waals surface area contributed by atoms with Gasteiger partial charge in [0.1, 0.15) is 15.7 Å². The van der Waals surface area contributed by atoms with Crippen molar-refractivity contribution in [1.29, 1.82) is 0 Å². The fraction of sp³-hybridized carbons (Fsp3) is 0.571. The monoisotopic (exact) mass is 321 g/mol. The van der Waals surface area contributed by atoms with Crippen LogP contribution in [0.15, 0.2) is 18.2 Å². The second kappa shape index (κ2) is 7.96. The average Bonchev–Trinajstić information content (AvgIpc) is 2.40. The van der Waals surface area contributed by atoms with Gasteiger partial charge in [0, 0.05) is 16.8 Å². The Hall–Kier alpha value is -0.650. The molecule has 0 aliphatic heterocycles. The maximum Gasteiger partial charge on any atom is 0.150 e. The molecule has 1 rings (SSSR count). The first kappa shape index (κ1) is 17.4. The van der Waals surface area contributed by atoms with Gasteiger partial charge in [-0.2, -0.15) is 0 Å². The van der Waals surface area contributed by atoms with Gasteiger partial charge in [-0.05, 0) is 44.0 Å². The largest absolute Gasteiger partial charge is 0.317 e. The molecular weight excluding hydrogens is 301 g/mol. The second-order valence-electron chi connectivity index (χ2n) is 4.80. The molecule has 0 saturated carbocycles. The topological polar surface area (TPSA) is 46.2 Å². The summed E-state index contributed by atoms with van der Waals surface area (Å²) in [6.07, 6.45) is 2.01. The molecule has 0 heterocycles. The average molecular weight is 322 g/mol. The van der Waals surface area contributed by atoms with Crippen molar-refractivity contribution in [2.75, 3.05) is 18.6 Å². The molecule has 1 N–H and O–H groups in total. The van der Waals surface area contributed by atoms with Gasteiger partial charge < -0.3 is 5.32 Å². The molecular formula is C14H21ClFNO2S. The van der Waals surface area contributed by atoms with E-state index in [9.17, 15) is 12.8 Å². The molecule has 0 aliphatic carbocycles. The van der Waals surface area contributed by atoms with Crippen LogP contribution in [0.5, 0.6) is 0 Å². The molecule has 1 aromatic carbocycles. The van der Waals surface area contributed by atoms with E-state index in [1.165, 1.54) is 12.1 Å². The molecule has 114 valence electrons. The highest BCUT2D eigenvalue weighted by atomic mass is 35.5. The van der Waals surface area contributed by atoms with Crippen LogP contribution in [0.2, 0.25) is 5.02 Å². The molecule has 0 bridgehead atoms. The van der Waals surface area contributed by atoms with Crippen molar-refractivity contribution in [2.24, 2.45) is 0 Å². The van der Waals surface area contributed by atoms with Crippen LogP contribution < -0.4 is 5.32 Å². The third-order valence-electron chi connectivity index (χ3n) is 3.34. The fourth-order valence-corrected chi connectivity index (χ4v) is 3.13. The lowest BCUT2D eigenvalue weighted by atomic mass is 10.0. The smallest absolute Gasteiger partial charge is 0.150 e. The van der Waals surface area contributed by atoms with Gasteiger partial charge in [0.2, 0.25) is 0 Å². The number of hydrogen-bond donors (Lipinski definition) is 1. The van der Waals surface area contributed by atoms with E-state index < -0.39 is 9.84 Å². The van der Waals surface area contributed by atoms with Crippen molar-refractivity contribution < 1.29 is 12.8 Å². The van der Waals surface area contributed by atoms with E-state index in [0.717, 1.165) is 12.0 Å². The summed E-state index contributed by atoms with van der Waals surface area (Å²) < 4.78 is 35.8. The van der Waals surface area contributed by atoms with Crippen molar-refractivity contribution in [1.82, 2.24) is 5.32 Å². The van der Waals surface area contributed by atoms with Crippen LogP contribution in [0.4, 0.5) is 4.39 Å². The number of benzene rings is 1. The van der Waals surface area contributed by atoms with Crippen LogP contribution in [0.1, 0.15) is 25.3 Å². The Labute approximate surface area is 125 Å². The van der Waals surface area contributed by atoms with Crippen LogP contribution in [0.3, 0.4) is 0 Å². The summed E-state index contributed by atoms with van der Waals surface area (Å²) in [5.74, 6) is 0.0358. The fourth-order valence-electron chi connectivity index (χ4n) is 2.00. The Morgan fingerprint density at radius 1 is 1.40 bits per heavy atom. The van der Waals surface area contributed by atoms with Crippen molar-refractivity contribution >= 4 is 21.4 Å². The van der Waals surface area contributed by atoms with Crippen LogP contribution in [0.25, 0.3) is 0 Å². The number of hydrogen-bond acceptors (Lipinski definition) is 3. The lowest BCUT2D eigenvalue weighted by Crippen LogP contribution is -2.28. The SMILES string of the molecule is CCS(=O)(=O)CCCC(Cc1ccc(F)cc1Cl)NC. The molecule has 20 heavy (non-hydrogen) atoms. The first-order chi connectivity index (χ1) is 9.38. The molecule has 0 amide bonds. The zero-order chi connectivity index (χ0) is 15.2. The van der Waals surface area contributed by atoms with Gasteiger partial charge in [0.15, 0.2) is 0 Å². The number of likely N-dealkylation sites (N-methyl/N-ethyl adjacent to an activating group) is 1. The molecule has 6 heteroatoms.